The van der Waals surface area contributed by atoms with E-state index in [0.29, 0.717) is 6.42 Å². The minimum Gasteiger partial charge on any atom is -0.481 e. The summed E-state index contributed by atoms with van der Waals surface area (Å²) in [5.41, 5.74) is 10.8. The van der Waals surface area contributed by atoms with Gasteiger partial charge in [-0.15, -0.1) is 0 Å². The molecule has 13 nitrogen and oxygen atoms in total. The topological polar surface area (TPSA) is 231 Å². The predicted octanol–water partition coefficient (Wildman–Crippen LogP) is -2.04. The Hall–Kier alpha value is -2.87. The zero-order valence-electron chi connectivity index (χ0n) is 18.6. The Kier molecular flexibility index (Phi) is 13.7. The highest BCUT2D eigenvalue weighted by Gasteiger charge is 2.32. The minimum atomic E-state index is -1.53. The van der Waals surface area contributed by atoms with Crippen LogP contribution in [0.2, 0.25) is 0 Å². The van der Waals surface area contributed by atoms with Crippen LogP contribution in [0.15, 0.2) is 0 Å². The molecule has 0 aromatic carbocycles. The number of rotatable bonds is 16. The molecular formula is C19H33N5O8S. The summed E-state index contributed by atoms with van der Waals surface area (Å²) in [6, 6.07) is -4.93. The first kappa shape index (κ1) is 30.1. The quantitative estimate of drug-likeness (QED) is 0.111. The zero-order chi connectivity index (χ0) is 25.7. The molecule has 188 valence electrons. The second-order valence-corrected chi connectivity index (χ2v) is 7.92. The number of hydrogen-bond acceptors (Lipinski definition) is 8. The Morgan fingerprint density at radius 2 is 1.42 bits per heavy atom. The maximum atomic E-state index is 12.9. The zero-order valence-corrected chi connectivity index (χ0v) is 19.5. The molecule has 0 aliphatic rings. The summed E-state index contributed by atoms with van der Waals surface area (Å²) in [5.74, 6) is -6.09. The summed E-state index contributed by atoms with van der Waals surface area (Å²) in [6.45, 7) is 3.48. The Morgan fingerprint density at radius 3 is 1.88 bits per heavy atom. The minimum absolute atomic E-state index is 0.0389. The van der Waals surface area contributed by atoms with Crippen molar-refractivity contribution >= 4 is 48.2 Å². The largest absolute Gasteiger partial charge is 0.481 e. The van der Waals surface area contributed by atoms with Gasteiger partial charge in [0.05, 0.1) is 6.04 Å². The molecule has 0 radical (unpaired) electrons. The van der Waals surface area contributed by atoms with Crippen LogP contribution < -0.4 is 27.4 Å². The first-order valence-corrected chi connectivity index (χ1v) is 11.0. The molecule has 4 amide bonds. The molecule has 0 fully saturated rings. The molecule has 0 saturated heterocycles. The normalized spacial score (nSPS) is 15.3. The fourth-order valence-corrected chi connectivity index (χ4v) is 2.83. The number of hydrogen-bond donors (Lipinski definition) is 8. The molecule has 0 aliphatic carbocycles. The maximum Gasteiger partial charge on any atom is 0.326 e. The van der Waals surface area contributed by atoms with E-state index in [1.165, 1.54) is 0 Å². The Bertz CT molecular complexity index is 735. The molecule has 14 heteroatoms. The third-order valence-electron chi connectivity index (χ3n) is 4.90. The number of carbonyl (C=O) groups excluding carboxylic acids is 4. The number of nitrogens with two attached hydrogens (primary N) is 2. The summed E-state index contributed by atoms with van der Waals surface area (Å²) in [4.78, 5) is 71.1. The predicted molar refractivity (Wildman–Crippen MR) is 120 cm³/mol. The second-order valence-electron chi connectivity index (χ2n) is 7.56. The van der Waals surface area contributed by atoms with Gasteiger partial charge in [0.1, 0.15) is 18.1 Å². The Labute approximate surface area is 196 Å². The molecule has 0 aliphatic heterocycles. The van der Waals surface area contributed by atoms with Crippen molar-refractivity contribution in [3.8, 4) is 0 Å². The van der Waals surface area contributed by atoms with Crippen LogP contribution in [0, 0.1) is 5.92 Å². The molecule has 33 heavy (non-hydrogen) atoms. The Morgan fingerprint density at radius 1 is 0.879 bits per heavy atom. The highest BCUT2D eigenvalue weighted by Crippen LogP contribution is 2.10. The molecule has 0 spiro atoms. The van der Waals surface area contributed by atoms with Gasteiger partial charge in [-0.3, -0.25) is 24.0 Å². The molecular weight excluding hydrogens is 458 g/mol. The molecule has 5 unspecified atom stereocenters. The second kappa shape index (κ2) is 15.1. The van der Waals surface area contributed by atoms with Crippen molar-refractivity contribution in [2.75, 3.05) is 5.75 Å². The highest BCUT2D eigenvalue weighted by atomic mass is 32.1. The number of nitrogens with one attached hydrogen (secondary N) is 3. The molecule has 0 rings (SSSR count). The fourth-order valence-electron chi connectivity index (χ4n) is 2.66. The molecule has 0 aromatic heterocycles. The van der Waals surface area contributed by atoms with Crippen LogP contribution in [-0.2, 0) is 28.8 Å². The first-order valence-electron chi connectivity index (χ1n) is 10.3. The number of carboxylic acids is 2. The fraction of sp³-hybridized carbons (Fsp3) is 0.684. The van der Waals surface area contributed by atoms with Crippen LogP contribution in [0.5, 0.6) is 0 Å². The van der Waals surface area contributed by atoms with Crippen LogP contribution in [-0.4, -0.2) is 75.7 Å². The van der Waals surface area contributed by atoms with E-state index in [1.54, 1.807) is 13.8 Å². The average Bonchev–Trinajstić information content (AvgIpc) is 2.75. The number of aliphatic carboxylic acids is 2. The molecule has 9 N–H and O–H groups in total. The third-order valence-corrected chi connectivity index (χ3v) is 5.29. The van der Waals surface area contributed by atoms with Gasteiger partial charge in [0.15, 0.2) is 0 Å². The van der Waals surface area contributed by atoms with Gasteiger partial charge in [0.2, 0.25) is 23.6 Å². The van der Waals surface area contributed by atoms with Gasteiger partial charge < -0.3 is 37.6 Å². The van der Waals surface area contributed by atoms with E-state index in [2.05, 4.69) is 28.6 Å². The monoisotopic (exact) mass is 491 g/mol. The number of thiol groups is 1. The number of amides is 4. The standard InChI is InChI=1S/C19H33N5O8S/c1-3-9(2)15(24-16(28)10(20)8-33)18(30)22-11(4-6-13(21)25)17(29)23-12(19(31)32)5-7-14(26)27/h9-12,15,33H,3-8,20H2,1-2H3,(H2,21,25)(H,22,30)(H,23,29)(H,24,28)(H,26,27)(H,31,32). The van der Waals surface area contributed by atoms with Gasteiger partial charge in [0, 0.05) is 18.6 Å². The van der Waals surface area contributed by atoms with E-state index < -0.39 is 66.2 Å². The summed E-state index contributed by atoms with van der Waals surface area (Å²) in [7, 11) is 0. The van der Waals surface area contributed by atoms with Crippen LogP contribution in [0.4, 0.5) is 0 Å². The van der Waals surface area contributed by atoms with Crippen LogP contribution in [0.1, 0.15) is 46.0 Å². The first-order chi connectivity index (χ1) is 15.3. The smallest absolute Gasteiger partial charge is 0.326 e. The van der Waals surface area contributed by atoms with Gasteiger partial charge in [-0.25, -0.2) is 4.79 Å². The van der Waals surface area contributed by atoms with Crippen LogP contribution >= 0.6 is 12.6 Å². The van der Waals surface area contributed by atoms with Crippen molar-refractivity contribution in [2.45, 2.75) is 70.1 Å². The van der Waals surface area contributed by atoms with Crippen molar-refractivity contribution < 1.29 is 39.0 Å². The average molecular weight is 492 g/mol. The lowest BCUT2D eigenvalue weighted by atomic mass is 9.97. The van der Waals surface area contributed by atoms with E-state index in [0.717, 1.165) is 0 Å². The number of carbonyl (C=O) groups is 6. The summed E-state index contributed by atoms with van der Waals surface area (Å²) in [6.07, 6.45) is -0.947. The molecule has 0 aromatic rings. The highest BCUT2D eigenvalue weighted by molar-refractivity contribution is 7.80. The number of carboxylic acid groups (broad SMARTS) is 2. The van der Waals surface area contributed by atoms with Crippen molar-refractivity contribution in [2.24, 2.45) is 17.4 Å². The maximum absolute atomic E-state index is 12.9. The van der Waals surface area contributed by atoms with Gasteiger partial charge in [-0.2, -0.15) is 12.6 Å². The summed E-state index contributed by atoms with van der Waals surface area (Å²) in [5, 5.41) is 25.1. The van der Waals surface area contributed by atoms with E-state index >= 15 is 0 Å². The van der Waals surface area contributed by atoms with Crippen molar-refractivity contribution in [3.63, 3.8) is 0 Å². The van der Waals surface area contributed by atoms with Gasteiger partial charge in [-0.1, -0.05) is 20.3 Å². The lowest BCUT2D eigenvalue weighted by Gasteiger charge is -2.27. The van der Waals surface area contributed by atoms with E-state index in [1.807, 2.05) is 0 Å². The lowest BCUT2D eigenvalue weighted by molar-refractivity contribution is -0.143. The van der Waals surface area contributed by atoms with Crippen LogP contribution in [0.25, 0.3) is 0 Å². The van der Waals surface area contributed by atoms with Crippen molar-refractivity contribution in [1.29, 1.82) is 0 Å². The summed E-state index contributed by atoms with van der Waals surface area (Å²) < 4.78 is 0. The molecule has 0 bridgehead atoms. The molecule has 5 atom stereocenters. The van der Waals surface area contributed by atoms with E-state index in [-0.39, 0.29) is 30.9 Å². The molecule has 0 saturated carbocycles. The van der Waals surface area contributed by atoms with E-state index in [9.17, 15) is 33.9 Å². The summed E-state index contributed by atoms with van der Waals surface area (Å²) >= 11 is 3.94. The van der Waals surface area contributed by atoms with Gasteiger partial charge >= 0.3 is 11.9 Å². The lowest BCUT2D eigenvalue weighted by Crippen LogP contribution is -2.58. The van der Waals surface area contributed by atoms with Crippen LogP contribution in [0.3, 0.4) is 0 Å². The Balaban J connectivity index is 5.59. The van der Waals surface area contributed by atoms with Crippen molar-refractivity contribution in [1.82, 2.24) is 16.0 Å². The molecule has 0 heterocycles. The van der Waals surface area contributed by atoms with Gasteiger partial charge in [0.25, 0.3) is 0 Å². The SMILES string of the molecule is CCC(C)C(NC(=O)C(N)CS)C(=O)NC(CCC(N)=O)C(=O)NC(CCC(=O)O)C(=O)O. The number of primary amides is 1. The van der Waals surface area contributed by atoms with E-state index in [4.69, 9.17) is 16.6 Å². The van der Waals surface area contributed by atoms with Crippen molar-refractivity contribution in [3.05, 3.63) is 0 Å². The van der Waals surface area contributed by atoms with Gasteiger partial charge in [-0.05, 0) is 18.8 Å². The third kappa shape index (κ3) is 11.5.